The number of halogens is 1. The number of alkyl halides is 1. The van der Waals surface area contributed by atoms with Crippen molar-refractivity contribution in [2.45, 2.75) is 26.1 Å². The van der Waals surface area contributed by atoms with Gasteiger partial charge < -0.3 is 4.74 Å². The summed E-state index contributed by atoms with van der Waals surface area (Å²) in [6.45, 7) is 4.03. The lowest BCUT2D eigenvalue weighted by Crippen LogP contribution is -1.97. The van der Waals surface area contributed by atoms with E-state index in [0.29, 0.717) is 11.8 Å². The number of hydrogen-bond acceptors (Lipinski definition) is 3. The summed E-state index contributed by atoms with van der Waals surface area (Å²) < 4.78 is 7.92. The Kier molecular flexibility index (Phi) is 3.80. The van der Waals surface area contributed by atoms with Crippen molar-refractivity contribution in [2.75, 3.05) is 0 Å². The Morgan fingerprint density at radius 2 is 2.05 bits per heavy atom. The van der Waals surface area contributed by atoms with E-state index in [4.69, 9.17) is 16.3 Å². The first-order valence-corrected chi connectivity index (χ1v) is 7.42. The number of aromatic nitrogens is 3. The molecule has 0 aromatic carbocycles. The fourth-order valence-electron chi connectivity index (χ4n) is 2.28. The number of rotatable bonds is 4. The molecule has 3 aromatic rings. The van der Waals surface area contributed by atoms with Gasteiger partial charge in [0.1, 0.15) is 11.3 Å². The third kappa shape index (κ3) is 2.59. The molecule has 0 aliphatic rings. The standard InChI is InChI=1S/C16H16ClN3O/c1-3-12-14(8-7-11(2)18-12)21-16-13(10-17)20-9-5-4-6-15(20)19-16/h4-9H,3,10H2,1-2H3. The Bertz CT molecular complexity index is 782. The number of hydrogen-bond donors (Lipinski definition) is 0. The first-order valence-electron chi connectivity index (χ1n) is 6.89. The summed E-state index contributed by atoms with van der Waals surface area (Å²) in [5.41, 5.74) is 3.57. The van der Waals surface area contributed by atoms with E-state index in [2.05, 4.69) is 16.9 Å². The zero-order valence-electron chi connectivity index (χ0n) is 12.0. The van der Waals surface area contributed by atoms with Gasteiger partial charge in [-0.05, 0) is 37.6 Å². The molecule has 4 nitrogen and oxygen atoms in total. The quantitative estimate of drug-likeness (QED) is 0.680. The Hall–Kier alpha value is -2.07. The number of fused-ring (bicyclic) bond motifs is 1. The maximum Gasteiger partial charge on any atom is 0.242 e. The Morgan fingerprint density at radius 1 is 1.19 bits per heavy atom. The summed E-state index contributed by atoms with van der Waals surface area (Å²) in [5.74, 6) is 1.61. The minimum absolute atomic E-state index is 0.335. The molecular weight excluding hydrogens is 286 g/mol. The highest BCUT2D eigenvalue weighted by Crippen LogP contribution is 2.29. The van der Waals surface area contributed by atoms with Crippen LogP contribution >= 0.6 is 11.6 Å². The molecule has 108 valence electrons. The number of pyridine rings is 2. The maximum atomic E-state index is 6.06. The van der Waals surface area contributed by atoms with Crippen LogP contribution in [0.1, 0.15) is 24.0 Å². The molecule has 0 saturated carbocycles. The van der Waals surface area contributed by atoms with Crippen LogP contribution < -0.4 is 4.74 Å². The topological polar surface area (TPSA) is 39.4 Å². The summed E-state index contributed by atoms with van der Waals surface area (Å²) >= 11 is 6.06. The molecule has 0 spiro atoms. The smallest absolute Gasteiger partial charge is 0.242 e. The molecule has 0 bridgehead atoms. The number of imidazole rings is 1. The summed E-state index contributed by atoms with van der Waals surface area (Å²) in [7, 11) is 0. The van der Waals surface area contributed by atoms with E-state index in [1.165, 1.54) is 0 Å². The van der Waals surface area contributed by atoms with Crippen LogP contribution in [0.4, 0.5) is 0 Å². The van der Waals surface area contributed by atoms with Crippen LogP contribution in [0, 0.1) is 6.92 Å². The fourth-order valence-corrected chi connectivity index (χ4v) is 2.52. The second kappa shape index (κ2) is 5.74. The van der Waals surface area contributed by atoms with Crippen LogP contribution in [0.5, 0.6) is 11.6 Å². The van der Waals surface area contributed by atoms with E-state index in [1.807, 2.05) is 47.9 Å². The molecule has 0 amide bonds. The molecule has 0 aliphatic carbocycles. The summed E-state index contributed by atoms with van der Waals surface area (Å²) in [5, 5.41) is 0. The highest BCUT2D eigenvalue weighted by Gasteiger charge is 2.15. The average Bonchev–Trinajstić information content (AvgIpc) is 2.86. The van der Waals surface area contributed by atoms with Crippen molar-refractivity contribution in [1.29, 1.82) is 0 Å². The number of nitrogens with zero attached hydrogens (tertiary/aromatic N) is 3. The minimum atomic E-state index is 0.335. The van der Waals surface area contributed by atoms with E-state index < -0.39 is 0 Å². The molecule has 0 radical (unpaired) electrons. The van der Waals surface area contributed by atoms with Crippen LogP contribution in [-0.4, -0.2) is 14.4 Å². The van der Waals surface area contributed by atoms with Crippen molar-refractivity contribution in [3.05, 3.63) is 53.6 Å². The van der Waals surface area contributed by atoms with Crippen molar-refractivity contribution in [3.63, 3.8) is 0 Å². The molecule has 0 aliphatic heterocycles. The van der Waals surface area contributed by atoms with Gasteiger partial charge >= 0.3 is 0 Å². The molecular formula is C16H16ClN3O. The van der Waals surface area contributed by atoms with Crippen LogP contribution in [0.15, 0.2) is 36.5 Å². The Labute approximate surface area is 128 Å². The summed E-state index contributed by atoms with van der Waals surface area (Å²) in [6, 6.07) is 9.68. The van der Waals surface area contributed by atoms with Crippen LogP contribution in [-0.2, 0) is 12.3 Å². The zero-order chi connectivity index (χ0) is 14.8. The lowest BCUT2D eigenvalue weighted by atomic mass is 10.2. The van der Waals surface area contributed by atoms with Crippen molar-refractivity contribution < 1.29 is 4.74 Å². The van der Waals surface area contributed by atoms with Gasteiger partial charge in [0.15, 0.2) is 5.75 Å². The predicted octanol–water partition coefficient (Wildman–Crippen LogP) is 4.13. The molecule has 3 rings (SSSR count). The second-order valence-electron chi connectivity index (χ2n) is 4.78. The van der Waals surface area contributed by atoms with Gasteiger partial charge in [0.05, 0.1) is 11.6 Å². The van der Waals surface area contributed by atoms with Crippen LogP contribution in [0.3, 0.4) is 0 Å². The van der Waals surface area contributed by atoms with Gasteiger partial charge in [-0.1, -0.05) is 13.0 Å². The fraction of sp³-hybridized carbons (Fsp3) is 0.250. The molecule has 0 saturated heterocycles. The molecule has 0 unspecified atom stereocenters. The van der Waals surface area contributed by atoms with Crippen molar-refractivity contribution in [2.24, 2.45) is 0 Å². The van der Waals surface area contributed by atoms with Gasteiger partial charge in [0.25, 0.3) is 0 Å². The molecule has 0 fully saturated rings. The lowest BCUT2D eigenvalue weighted by molar-refractivity contribution is 0.452. The lowest BCUT2D eigenvalue weighted by Gasteiger charge is -2.09. The van der Waals surface area contributed by atoms with E-state index >= 15 is 0 Å². The largest absolute Gasteiger partial charge is 0.435 e. The van der Waals surface area contributed by atoms with Crippen molar-refractivity contribution >= 4 is 17.2 Å². The van der Waals surface area contributed by atoms with Crippen LogP contribution in [0.25, 0.3) is 5.65 Å². The molecule has 0 N–H and O–H groups in total. The minimum Gasteiger partial charge on any atom is -0.435 e. The van der Waals surface area contributed by atoms with Crippen molar-refractivity contribution in [1.82, 2.24) is 14.4 Å². The third-order valence-corrected chi connectivity index (χ3v) is 3.59. The third-order valence-electron chi connectivity index (χ3n) is 3.33. The normalized spacial score (nSPS) is 11.0. The first-order chi connectivity index (χ1) is 10.2. The van der Waals surface area contributed by atoms with Gasteiger partial charge in [-0.25, -0.2) is 0 Å². The van der Waals surface area contributed by atoms with Crippen LogP contribution in [0.2, 0.25) is 0 Å². The molecule has 0 atom stereocenters. The van der Waals surface area contributed by atoms with E-state index in [-0.39, 0.29) is 0 Å². The summed E-state index contributed by atoms with van der Waals surface area (Å²) in [6.07, 6.45) is 2.74. The summed E-state index contributed by atoms with van der Waals surface area (Å²) in [4.78, 5) is 9.01. The van der Waals surface area contributed by atoms with Crippen molar-refractivity contribution in [3.8, 4) is 11.6 Å². The average molecular weight is 302 g/mol. The highest BCUT2D eigenvalue weighted by atomic mass is 35.5. The molecule has 21 heavy (non-hydrogen) atoms. The number of ether oxygens (including phenoxy) is 1. The van der Waals surface area contributed by atoms with E-state index in [9.17, 15) is 0 Å². The first kappa shape index (κ1) is 13.9. The SMILES string of the molecule is CCc1nc(C)ccc1Oc1nc2ccccn2c1CCl. The highest BCUT2D eigenvalue weighted by molar-refractivity contribution is 6.17. The monoisotopic (exact) mass is 301 g/mol. The van der Waals surface area contributed by atoms with Gasteiger partial charge in [-0.3, -0.25) is 9.38 Å². The Balaban J connectivity index is 2.06. The van der Waals surface area contributed by atoms with Gasteiger partial charge in [-0.15, -0.1) is 11.6 Å². The zero-order valence-corrected chi connectivity index (χ0v) is 12.8. The maximum absolute atomic E-state index is 6.06. The molecule has 3 heterocycles. The second-order valence-corrected chi connectivity index (χ2v) is 5.05. The van der Waals surface area contributed by atoms with E-state index in [0.717, 1.165) is 34.9 Å². The van der Waals surface area contributed by atoms with Gasteiger partial charge in [-0.2, -0.15) is 4.98 Å². The Morgan fingerprint density at radius 3 is 2.81 bits per heavy atom. The van der Waals surface area contributed by atoms with E-state index in [1.54, 1.807) is 0 Å². The molecule has 3 aromatic heterocycles. The molecule has 5 heteroatoms. The van der Waals surface area contributed by atoms with Gasteiger partial charge in [0, 0.05) is 11.9 Å². The van der Waals surface area contributed by atoms with Gasteiger partial charge in [0.2, 0.25) is 5.88 Å². The predicted molar refractivity (Wildman–Crippen MR) is 83.2 cm³/mol. The number of aryl methyl sites for hydroxylation is 2.